The van der Waals surface area contributed by atoms with E-state index in [-0.39, 0.29) is 0 Å². The third-order valence-electron chi connectivity index (χ3n) is 2.68. The summed E-state index contributed by atoms with van der Waals surface area (Å²) in [6.07, 6.45) is 1.10. The molecule has 0 amide bonds. The molecule has 0 spiro atoms. The van der Waals surface area contributed by atoms with E-state index in [0.717, 1.165) is 30.9 Å². The Balaban J connectivity index is 2.58. The molecule has 0 heterocycles. The molecule has 0 aliphatic heterocycles. The molecule has 3 heteroatoms. The first-order valence-corrected chi connectivity index (χ1v) is 5.97. The van der Waals surface area contributed by atoms with Crippen LogP contribution in [0.3, 0.4) is 0 Å². The number of benzene rings is 1. The third kappa shape index (κ3) is 3.74. The summed E-state index contributed by atoms with van der Waals surface area (Å²) in [5, 5.41) is 3.40. The van der Waals surface area contributed by atoms with Crippen LogP contribution in [0.4, 0.5) is 5.69 Å². The van der Waals surface area contributed by atoms with Crippen LogP contribution in [0.15, 0.2) is 24.3 Å². The molecule has 3 N–H and O–H groups in total. The van der Waals surface area contributed by atoms with E-state index < -0.39 is 0 Å². The van der Waals surface area contributed by atoms with Crippen molar-refractivity contribution in [3.05, 3.63) is 24.3 Å². The highest BCUT2D eigenvalue weighted by Crippen LogP contribution is 2.23. The molecule has 1 aromatic carbocycles. The van der Waals surface area contributed by atoms with Crippen molar-refractivity contribution in [3.63, 3.8) is 0 Å². The molecular formula is C13H22N2O. The Labute approximate surface area is 98.0 Å². The van der Waals surface area contributed by atoms with Gasteiger partial charge in [0.15, 0.2) is 0 Å². The zero-order chi connectivity index (χ0) is 11.8. The van der Waals surface area contributed by atoms with Crippen LogP contribution in [0.5, 0.6) is 5.75 Å². The van der Waals surface area contributed by atoms with Gasteiger partial charge in [0.1, 0.15) is 5.75 Å². The van der Waals surface area contributed by atoms with Gasteiger partial charge < -0.3 is 15.8 Å². The highest BCUT2D eigenvalue weighted by Gasteiger charge is 2.06. The Kier molecular flexibility index (Phi) is 5.72. The maximum atomic E-state index is 5.67. The van der Waals surface area contributed by atoms with Crippen molar-refractivity contribution in [2.75, 3.05) is 25.0 Å². The van der Waals surface area contributed by atoms with Crippen molar-refractivity contribution >= 4 is 5.69 Å². The summed E-state index contributed by atoms with van der Waals surface area (Å²) in [6, 6.07) is 8.01. The van der Waals surface area contributed by atoms with Crippen LogP contribution in [0.25, 0.3) is 0 Å². The normalized spacial score (nSPS) is 12.2. The minimum atomic E-state index is 0.523. The Morgan fingerprint density at radius 1 is 1.31 bits per heavy atom. The van der Waals surface area contributed by atoms with Crippen molar-refractivity contribution < 1.29 is 4.74 Å². The molecular weight excluding hydrogens is 200 g/mol. The zero-order valence-electron chi connectivity index (χ0n) is 10.2. The summed E-state index contributed by atoms with van der Waals surface area (Å²) in [7, 11) is 0. The summed E-state index contributed by atoms with van der Waals surface area (Å²) in [5.41, 5.74) is 6.72. The Bertz CT molecular complexity index is 298. The highest BCUT2D eigenvalue weighted by molar-refractivity contribution is 5.56. The first kappa shape index (κ1) is 12.8. The fourth-order valence-electron chi connectivity index (χ4n) is 1.54. The fourth-order valence-corrected chi connectivity index (χ4v) is 1.54. The first-order valence-electron chi connectivity index (χ1n) is 5.97. The van der Waals surface area contributed by atoms with E-state index in [9.17, 15) is 0 Å². The lowest BCUT2D eigenvalue weighted by Crippen LogP contribution is -2.22. The van der Waals surface area contributed by atoms with Gasteiger partial charge in [-0.05, 0) is 31.5 Å². The lowest BCUT2D eigenvalue weighted by molar-refractivity contribution is 0.341. The standard InChI is InChI=1S/C13H22N2O/c1-3-11(9-14)10-15-12-7-5-6-8-13(12)16-4-2/h5-8,11,15H,3-4,9-10,14H2,1-2H3. The van der Waals surface area contributed by atoms with Crippen molar-refractivity contribution in [2.24, 2.45) is 11.7 Å². The van der Waals surface area contributed by atoms with Crippen molar-refractivity contribution in [2.45, 2.75) is 20.3 Å². The molecule has 0 aliphatic rings. The van der Waals surface area contributed by atoms with E-state index in [4.69, 9.17) is 10.5 Å². The number of para-hydroxylation sites is 2. The Morgan fingerprint density at radius 3 is 2.69 bits per heavy atom. The highest BCUT2D eigenvalue weighted by atomic mass is 16.5. The quantitative estimate of drug-likeness (QED) is 0.745. The lowest BCUT2D eigenvalue weighted by atomic mass is 10.1. The van der Waals surface area contributed by atoms with Crippen molar-refractivity contribution in [3.8, 4) is 5.75 Å². The minimum absolute atomic E-state index is 0.523. The van der Waals surface area contributed by atoms with Crippen LogP contribution in [0, 0.1) is 5.92 Å². The Morgan fingerprint density at radius 2 is 2.06 bits per heavy atom. The molecule has 0 saturated heterocycles. The molecule has 1 unspecified atom stereocenters. The second-order valence-electron chi connectivity index (χ2n) is 3.82. The predicted octanol–water partition coefficient (Wildman–Crippen LogP) is 2.48. The largest absolute Gasteiger partial charge is 0.492 e. The first-order chi connectivity index (χ1) is 7.81. The van der Waals surface area contributed by atoms with Crippen LogP contribution in [0.2, 0.25) is 0 Å². The Hall–Kier alpha value is -1.22. The summed E-state index contributed by atoms with van der Waals surface area (Å²) < 4.78 is 5.54. The van der Waals surface area contributed by atoms with Gasteiger partial charge in [0, 0.05) is 6.54 Å². The van der Waals surface area contributed by atoms with E-state index in [1.165, 1.54) is 0 Å². The monoisotopic (exact) mass is 222 g/mol. The van der Waals surface area contributed by atoms with Crippen molar-refractivity contribution in [1.82, 2.24) is 0 Å². The van der Waals surface area contributed by atoms with Crippen molar-refractivity contribution in [1.29, 1.82) is 0 Å². The number of rotatable bonds is 7. The number of nitrogens with two attached hydrogens (primary N) is 1. The molecule has 0 radical (unpaired) electrons. The van der Waals surface area contributed by atoms with E-state index in [1.807, 2.05) is 31.2 Å². The fraction of sp³-hybridized carbons (Fsp3) is 0.538. The molecule has 3 nitrogen and oxygen atoms in total. The predicted molar refractivity (Wildman–Crippen MR) is 68.9 cm³/mol. The lowest BCUT2D eigenvalue weighted by Gasteiger charge is -2.16. The number of anilines is 1. The van der Waals surface area contributed by atoms with Gasteiger partial charge in [0.05, 0.1) is 12.3 Å². The number of hydrogen-bond acceptors (Lipinski definition) is 3. The summed E-state index contributed by atoms with van der Waals surface area (Å²) in [4.78, 5) is 0. The average Bonchev–Trinajstić information content (AvgIpc) is 2.33. The van der Waals surface area contributed by atoms with Crippen LogP contribution in [-0.4, -0.2) is 19.7 Å². The van der Waals surface area contributed by atoms with Gasteiger partial charge >= 0.3 is 0 Å². The topological polar surface area (TPSA) is 47.3 Å². The smallest absolute Gasteiger partial charge is 0.142 e. The van der Waals surface area contributed by atoms with Gasteiger partial charge in [-0.3, -0.25) is 0 Å². The molecule has 0 fully saturated rings. The van der Waals surface area contributed by atoms with E-state index in [0.29, 0.717) is 12.5 Å². The van der Waals surface area contributed by atoms with Gasteiger partial charge in [-0.2, -0.15) is 0 Å². The molecule has 1 rings (SSSR count). The SMILES string of the molecule is CCOc1ccccc1NCC(CC)CN. The van der Waals surface area contributed by atoms with Gasteiger partial charge in [-0.15, -0.1) is 0 Å². The third-order valence-corrected chi connectivity index (χ3v) is 2.68. The van der Waals surface area contributed by atoms with E-state index in [2.05, 4.69) is 12.2 Å². The summed E-state index contributed by atoms with van der Waals surface area (Å²) in [6.45, 7) is 6.46. The molecule has 16 heavy (non-hydrogen) atoms. The summed E-state index contributed by atoms with van der Waals surface area (Å²) in [5.74, 6) is 1.44. The number of hydrogen-bond donors (Lipinski definition) is 2. The summed E-state index contributed by atoms with van der Waals surface area (Å²) >= 11 is 0. The average molecular weight is 222 g/mol. The van der Waals surface area contributed by atoms with E-state index in [1.54, 1.807) is 0 Å². The maximum absolute atomic E-state index is 5.67. The molecule has 0 saturated carbocycles. The molecule has 1 aromatic rings. The van der Waals surface area contributed by atoms with Gasteiger partial charge in [-0.25, -0.2) is 0 Å². The van der Waals surface area contributed by atoms with Gasteiger partial charge in [0.2, 0.25) is 0 Å². The molecule has 1 atom stereocenters. The second-order valence-corrected chi connectivity index (χ2v) is 3.82. The molecule has 90 valence electrons. The van der Waals surface area contributed by atoms with Gasteiger partial charge in [0.25, 0.3) is 0 Å². The van der Waals surface area contributed by atoms with Gasteiger partial charge in [-0.1, -0.05) is 25.5 Å². The van der Waals surface area contributed by atoms with E-state index >= 15 is 0 Å². The maximum Gasteiger partial charge on any atom is 0.142 e. The number of ether oxygens (including phenoxy) is 1. The van der Waals surface area contributed by atoms with Crippen LogP contribution in [0.1, 0.15) is 20.3 Å². The van der Waals surface area contributed by atoms with Crippen LogP contribution in [-0.2, 0) is 0 Å². The minimum Gasteiger partial charge on any atom is -0.492 e. The molecule has 0 aliphatic carbocycles. The molecule has 0 bridgehead atoms. The molecule has 0 aromatic heterocycles. The number of nitrogens with one attached hydrogen (secondary N) is 1. The second kappa shape index (κ2) is 7.12. The van der Waals surface area contributed by atoms with Crippen LogP contribution < -0.4 is 15.8 Å². The zero-order valence-corrected chi connectivity index (χ0v) is 10.2. The van der Waals surface area contributed by atoms with Crippen LogP contribution >= 0.6 is 0 Å².